The second-order valence-corrected chi connectivity index (χ2v) is 6.54. The van der Waals surface area contributed by atoms with Crippen molar-refractivity contribution < 1.29 is 9.18 Å². The number of urea groups is 1. The molecule has 126 valence electrons. The third-order valence-corrected chi connectivity index (χ3v) is 4.71. The van der Waals surface area contributed by atoms with Gasteiger partial charge in [-0.05, 0) is 64.0 Å². The van der Waals surface area contributed by atoms with Gasteiger partial charge in [-0.25, -0.2) is 9.18 Å². The minimum absolute atomic E-state index is 0.194. The number of carbonyl (C=O) groups is 1. The maximum Gasteiger partial charge on any atom is 0.319 e. The number of amides is 2. The van der Waals surface area contributed by atoms with E-state index in [1.54, 1.807) is 12.1 Å². The number of nitrogens with one attached hydrogen (secondary N) is 2. The fraction of sp³-hybridized carbons (Fsp3) is 0.588. The number of hydrogen-bond acceptors (Lipinski definition) is 3. The van der Waals surface area contributed by atoms with Gasteiger partial charge >= 0.3 is 6.03 Å². The van der Waals surface area contributed by atoms with Crippen molar-refractivity contribution in [1.29, 1.82) is 0 Å². The molecule has 0 atom stereocenters. The third kappa shape index (κ3) is 4.13. The van der Waals surface area contributed by atoms with Gasteiger partial charge in [-0.1, -0.05) is 0 Å². The van der Waals surface area contributed by atoms with E-state index >= 15 is 0 Å². The lowest BCUT2D eigenvalue weighted by Gasteiger charge is -2.29. The Balaban J connectivity index is 1.55. The smallest absolute Gasteiger partial charge is 0.319 e. The van der Waals surface area contributed by atoms with Crippen molar-refractivity contribution in [1.82, 2.24) is 10.2 Å². The van der Waals surface area contributed by atoms with Gasteiger partial charge < -0.3 is 20.4 Å². The maximum atomic E-state index is 14.2. The quantitative estimate of drug-likeness (QED) is 0.900. The van der Waals surface area contributed by atoms with Gasteiger partial charge in [0.25, 0.3) is 0 Å². The Morgan fingerprint density at radius 1 is 1.17 bits per heavy atom. The molecule has 23 heavy (non-hydrogen) atoms. The van der Waals surface area contributed by atoms with Crippen molar-refractivity contribution in [3.8, 4) is 0 Å². The van der Waals surface area contributed by atoms with Crippen molar-refractivity contribution in [2.24, 2.45) is 0 Å². The summed E-state index contributed by atoms with van der Waals surface area (Å²) in [4.78, 5) is 16.4. The van der Waals surface area contributed by atoms with Gasteiger partial charge in [0.15, 0.2) is 0 Å². The number of halogens is 1. The van der Waals surface area contributed by atoms with Gasteiger partial charge in [-0.3, -0.25) is 0 Å². The summed E-state index contributed by atoms with van der Waals surface area (Å²) in [5.74, 6) is -0.274. The fourth-order valence-corrected chi connectivity index (χ4v) is 3.30. The molecule has 2 heterocycles. The SMILES string of the molecule is CN1CCC(NC(=O)Nc2ccc(N3CCCC3)c(F)c2)CC1. The van der Waals surface area contributed by atoms with Crippen molar-refractivity contribution in [2.75, 3.05) is 43.4 Å². The van der Waals surface area contributed by atoms with Crippen molar-refractivity contribution >= 4 is 17.4 Å². The number of likely N-dealkylation sites (tertiary alicyclic amines) is 1. The molecule has 1 aromatic carbocycles. The Morgan fingerprint density at radius 2 is 1.87 bits per heavy atom. The molecule has 2 saturated heterocycles. The molecule has 2 aliphatic heterocycles. The molecular formula is C17H25FN4O. The summed E-state index contributed by atoms with van der Waals surface area (Å²) >= 11 is 0. The topological polar surface area (TPSA) is 47.6 Å². The van der Waals surface area contributed by atoms with Crippen molar-refractivity contribution in [3.05, 3.63) is 24.0 Å². The zero-order chi connectivity index (χ0) is 16.2. The highest BCUT2D eigenvalue weighted by molar-refractivity contribution is 5.89. The third-order valence-electron chi connectivity index (χ3n) is 4.71. The van der Waals surface area contributed by atoms with Crippen LogP contribution in [0.25, 0.3) is 0 Å². The summed E-state index contributed by atoms with van der Waals surface area (Å²) in [7, 11) is 2.08. The molecule has 2 N–H and O–H groups in total. The van der Waals surface area contributed by atoms with E-state index in [4.69, 9.17) is 0 Å². The maximum absolute atomic E-state index is 14.2. The van der Waals surface area contributed by atoms with E-state index in [0.717, 1.165) is 51.9 Å². The summed E-state index contributed by atoms with van der Waals surface area (Å²) in [5, 5.41) is 5.70. The van der Waals surface area contributed by atoms with Gasteiger partial charge in [0.2, 0.25) is 0 Å². The lowest BCUT2D eigenvalue weighted by atomic mass is 10.1. The zero-order valence-corrected chi connectivity index (χ0v) is 13.6. The molecule has 0 radical (unpaired) electrons. The molecule has 0 aromatic heterocycles. The van der Waals surface area contributed by atoms with Crippen LogP contribution in [0.15, 0.2) is 18.2 Å². The normalized spacial score (nSPS) is 19.8. The number of nitrogens with zero attached hydrogens (tertiary/aromatic N) is 2. The van der Waals surface area contributed by atoms with Crippen LogP contribution in [-0.2, 0) is 0 Å². The van der Waals surface area contributed by atoms with Gasteiger partial charge in [0.1, 0.15) is 5.82 Å². The highest BCUT2D eigenvalue weighted by Gasteiger charge is 2.19. The molecular weight excluding hydrogens is 295 g/mol. The molecule has 0 bridgehead atoms. The van der Waals surface area contributed by atoms with Crippen molar-refractivity contribution in [2.45, 2.75) is 31.7 Å². The first-order valence-corrected chi connectivity index (χ1v) is 8.42. The summed E-state index contributed by atoms with van der Waals surface area (Å²) in [6, 6.07) is 4.87. The largest absolute Gasteiger partial charge is 0.369 e. The molecule has 0 aliphatic carbocycles. The first-order valence-electron chi connectivity index (χ1n) is 8.42. The van der Waals surface area contributed by atoms with E-state index in [1.807, 2.05) is 0 Å². The molecule has 0 saturated carbocycles. The average molecular weight is 320 g/mol. The van der Waals surface area contributed by atoms with E-state index < -0.39 is 0 Å². The number of hydrogen-bond donors (Lipinski definition) is 2. The van der Waals surface area contributed by atoms with Crippen LogP contribution in [0.5, 0.6) is 0 Å². The predicted octanol–water partition coefficient (Wildman–Crippen LogP) is 2.64. The summed E-state index contributed by atoms with van der Waals surface area (Å²) in [6.45, 7) is 3.79. The lowest BCUT2D eigenvalue weighted by molar-refractivity contribution is 0.221. The van der Waals surface area contributed by atoms with Crippen LogP contribution in [0.3, 0.4) is 0 Å². The Kier molecular flexibility index (Phi) is 5.00. The van der Waals surface area contributed by atoms with Gasteiger partial charge in [0, 0.05) is 24.8 Å². The van der Waals surface area contributed by atoms with Crippen LogP contribution in [0.4, 0.5) is 20.6 Å². The highest BCUT2D eigenvalue weighted by atomic mass is 19.1. The van der Waals surface area contributed by atoms with Crippen molar-refractivity contribution in [3.63, 3.8) is 0 Å². The van der Waals surface area contributed by atoms with E-state index in [2.05, 4.69) is 27.5 Å². The highest BCUT2D eigenvalue weighted by Crippen LogP contribution is 2.26. The molecule has 3 rings (SSSR count). The van der Waals surface area contributed by atoms with E-state index in [0.29, 0.717) is 11.4 Å². The standard InChI is InChI=1S/C17H25FN4O/c1-21-10-6-13(7-11-21)19-17(23)20-14-4-5-16(15(18)12-14)22-8-2-3-9-22/h4-5,12-13H,2-3,6-11H2,1H3,(H2,19,20,23). The monoisotopic (exact) mass is 320 g/mol. The molecule has 5 nitrogen and oxygen atoms in total. The Morgan fingerprint density at radius 3 is 2.52 bits per heavy atom. The number of rotatable bonds is 3. The van der Waals surface area contributed by atoms with Crippen LogP contribution in [0, 0.1) is 5.82 Å². The molecule has 2 aliphatic rings. The molecule has 2 amide bonds. The minimum Gasteiger partial charge on any atom is -0.369 e. The van der Waals surface area contributed by atoms with Crippen LogP contribution in [0.2, 0.25) is 0 Å². The van der Waals surface area contributed by atoms with Crippen LogP contribution < -0.4 is 15.5 Å². The number of benzene rings is 1. The Hall–Kier alpha value is -1.82. The van der Waals surface area contributed by atoms with Gasteiger partial charge in [-0.2, -0.15) is 0 Å². The van der Waals surface area contributed by atoms with Gasteiger partial charge in [0.05, 0.1) is 5.69 Å². The molecule has 0 unspecified atom stereocenters. The van der Waals surface area contributed by atoms with Gasteiger partial charge in [-0.15, -0.1) is 0 Å². The van der Waals surface area contributed by atoms with E-state index in [9.17, 15) is 9.18 Å². The molecule has 2 fully saturated rings. The van der Waals surface area contributed by atoms with Crippen LogP contribution >= 0.6 is 0 Å². The zero-order valence-electron chi connectivity index (χ0n) is 13.6. The molecule has 1 aromatic rings. The molecule has 6 heteroatoms. The average Bonchev–Trinajstić information content (AvgIpc) is 3.04. The first-order chi connectivity index (χ1) is 11.1. The Labute approximate surface area is 136 Å². The van der Waals surface area contributed by atoms with E-state index in [1.165, 1.54) is 6.07 Å². The second kappa shape index (κ2) is 7.17. The lowest BCUT2D eigenvalue weighted by Crippen LogP contribution is -2.44. The van der Waals surface area contributed by atoms with E-state index in [-0.39, 0.29) is 17.9 Å². The van der Waals surface area contributed by atoms with Crippen LogP contribution in [0.1, 0.15) is 25.7 Å². The number of piperidine rings is 1. The predicted molar refractivity (Wildman–Crippen MR) is 90.5 cm³/mol. The second-order valence-electron chi connectivity index (χ2n) is 6.54. The molecule has 0 spiro atoms. The van der Waals surface area contributed by atoms with Crippen LogP contribution in [-0.4, -0.2) is 50.2 Å². The first kappa shape index (κ1) is 16.1. The number of anilines is 2. The summed E-state index contributed by atoms with van der Waals surface area (Å²) < 4.78 is 14.2. The fourth-order valence-electron chi connectivity index (χ4n) is 3.30. The summed E-state index contributed by atoms with van der Waals surface area (Å²) in [5.41, 5.74) is 1.12. The Bertz CT molecular complexity index is 552. The number of carbonyl (C=O) groups excluding carboxylic acids is 1. The summed E-state index contributed by atoms with van der Waals surface area (Å²) in [6.07, 6.45) is 4.12. The minimum atomic E-state index is -0.274.